The summed E-state index contributed by atoms with van der Waals surface area (Å²) in [4.78, 5) is 0. The average Bonchev–Trinajstić information content (AvgIpc) is 2.01. The maximum atomic E-state index is 13.1. The van der Waals surface area contributed by atoms with Crippen molar-refractivity contribution in [3.8, 4) is 11.8 Å². The Labute approximate surface area is 72.3 Å². The van der Waals surface area contributed by atoms with Crippen LogP contribution in [0.25, 0.3) is 0 Å². The lowest BCUT2D eigenvalue weighted by molar-refractivity contribution is 0.0703. The Kier molecular flexibility index (Phi) is 3.08. The van der Waals surface area contributed by atoms with Gasteiger partial charge in [-0.2, -0.15) is 0 Å². The van der Waals surface area contributed by atoms with E-state index in [0.717, 1.165) is 0 Å². The predicted octanol–water partition coefficient (Wildman–Crippen LogP) is 2.73. The van der Waals surface area contributed by atoms with Crippen LogP contribution in [0.2, 0.25) is 0 Å². The van der Waals surface area contributed by atoms with Gasteiger partial charge in [-0.25, -0.2) is 8.78 Å². The van der Waals surface area contributed by atoms with E-state index in [1.54, 1.807) is 13.8 Å². The summed E-state index contributed by atoms with van der Waals surface area (Å²) >= 11 is 0. The number of hydrogen-bond acceptors (Lipinski definition) is 0. The zero-order valence-corrected chi connectivity index (χ0v) is 7.48. The smallest absolute Gasteiger partial charge is 0.107 e. The Morgan fingerprint density at radius 2 is 1.67 bits per heavy atom. The Hall–Kier alpha value is -0.580. The van der Waals surface area contributed by atoms with E-state index in [1.807, 2.05) is 0 Å². The van der Waals surface area contributed by atoms with Crippen LogP contribution >= 0.6 is 0 Å². The molecule has 1 aliphatic rings. The van der Waals surface area contributed by atoms with Gasteiger partial charge in [-0.3, -0.25) is 0 Å². The third-order valence-electron chi connectivity index (χ3n) is 2.51. The molecule has 2 heteroatoms. The van der Waals surface area contributed by atoms with Crippen molar-refractivity contribution in [2.45, 2.75) is 39.0 Å². The normalized spacial score (nSPS) is 41.7. The summed E-state index contributed by atoms with van der Waals surface area (Å²) < 4.78 is 26.2. The lowest BCUT2D eigenvalue weighted by Gasteiger charge is -2.29. The molecule has 2 unspecified atom stereocenters. The second kappa shape index (κ2) is 3.89. The van der Waals surface area contributed by atoms with Crippen molar-refractivity contribution in [1.29, 1.82) is 0 Å². The van der Waals surface area contributed by atoms with Gasteiger partial charge in [0.05, 0.1) is 0 Å². The Bertz CT molecular complexity index is 190. The molecule has 0 nitrogen and oxygen atoms in total. The zero-order chi connectivity index (χ0) is 9.14. The fraction of sp³-hybridized carbons (Fsp3) is 0.800. The van der Waals surface area contributed by atoms with Gasteiger partial charge in [0.15, 0.2) is 0 Å². The average molecular weight is 172 g/mol. The molecule has 0 aliphatic heterocycles. The Balaban J connectivity index is 2.57. The SMILES string of the molecule is CC#CC1CC(F)C(C)C(F)C1. The molecule has 0 N–H and O–H groups in total. The molecule has 68 valence electrons. The molecular weight excluding hydrogens is 158 g/mol. The molecule has 1 fully saturated rings. The summed E-state index contributed by atoms with van der Waals surface area (Å²) in [5.74, 6) is 5.03. The summed E-state index contributed by atoms with van der Waals surface area (Å²) in [6.07, 6.45) is -1.22. The molecule has 0 bridgehead atoms. The van der Waals surface area contributed by atoms with Crippen molar-refractivity contribution in [3.05, 3.63) is 0 Å². The minimum absolute atomic E-state index is 0.0730. The van der Waals surface area contributed by atoms with Crippen molar-refractivity contribution in [1.82, 2.24) is 0 Å². The summed E-state index contributed by atoms with van der Waals surface area (Å²) in [7, 11) is 0. The van der Waals surface area contributed by atoms with Crippen molar-refractivity contribution < 1.29 is 8.78 Å². The molecule has 0 saturated heterocycles. The molecule has 1 saturated carbocycles. The third-order valence-corrected chi connectivity index (χ3v) is 2.51. The van der Waals surface area contributed by atoms with Crippen LogP contribution < -0.4 is 0 Å². The van der Waals surface area contributed by atoms with Crippen LogP contribution in [0.3, 0.4) is 0 Å². The summed E-state index contributed by atoms with van der Waals surface area (Å²) in [5, 5.41) is 0. The van der Waals surface area contributed by atoms with Crippen molar-refractivity contribution in [3.63, 3.8) is 0 Å². The van der Waals surface area contributed by atoms with Crippen LogP contribution in [0.5, 0.6) is 0 Å². The topological polar surface area (TPSA) is 0 Å². The highest BCUT2D eigenvalue weighted by atomic mass is 19.1. The van der Waals surface area contributed by atoms with Crippen LogP contribution in [-0.2, 0) is 0 Å². The Morgan fingerprint density at radius 3 is 2.08 bits per heavy atom. The van der Waals surface area contributed by atoms with Crippen molar-refractivity contribution >= 4 is 0 Å². The molecule has 0 aromatic heterocycles. The van der Waals surface area contributed by atoms with Crippen LogP contribution in [0.15, 0.2) is 0 Å². The molecule has 0 heterocycles. The van der Waals surface area contributed by atoms with Gasteiger partial charge in [-0.1, -0.05) is 12.8 Å². The molecular formula is C10H14F2. The second-order valence-corrected chi connectivity index (χ2v) is 3.45. The van der Waals surface area contributed by atoms with Crippen LogP contribution in [0, 0.1) is 23.7 Å². The molecule has 0 radical (unpaired) electrons. The molecule has 0 aromatic rings. The first-order valence-electron chi connectivity index (χ1n) is 4.35. The van der Waals surface area contributed by atoms with Gasteiger partial charge in [0.25, 0.3) is 0 Å². The standard InChI is InChI=1S/C10H14F2/c1-3-4-8-5-9(11)7(2)10(12)6-8/h7-10H,5-6H2,1-2H3. The van der Waals surface area contributed by atoms with E-state index in [4.69, 9.17) is 0 Å². The van der Waals surface area contributed by atoms with Gasteiger partial charge >= 0.3 is 0 Å². The van der Waals surface area contributed by atoms with Gasteiger partial charge in [-0.15, -0.1) is 5.92 Å². The summed E-state index contributed by atoms with van der Waals surface area (Å²) in [6.45, 7) is 3.34. The first kappa shape index (κ1) is 9.51. The first-order valence-corrected chi connectivity index (χ1v) is 4.35. The lowest BCUT2D eigenvalue weighted by atomic mass is 9.80. The van der Waals surface area contributed by atoms with E-state index in [-0.39, 0.29) is 5.92 Å². The van der Waals surface area contributed by atoms with E-state index in [2.05, 4.69) is 11.8 Å². The van der Waals surface area contributed by atoms with Crippen molar-refractivity contribution in [2.24, 2.45) is 11.8 Å². The van der Waals surface area contributed by atoms with Gasteiger partial charge < -0.3 is 0 Å². The fourth-order valence-electron chi connectivity index (χ4n) is 1.62. The third kappa shape index (κ3) is 1.97. The maximum Gasteiger partial charge on any atom is 0.107 e. The van der Waals surface area contributed by atoms with Crippen LogP contribution in [-0.4, -0.2) is 12.3 Å². The van der Waals surface area contributed by atoms with E-state index in [9.17, 15) is 8.78 Å². The largest absolute Gasteiger partial charge is 0.247 e. The second-order valence-electron chi connectivity index (χ2n) is 3.45. The Morgan fingerprint density at radius 1 is 1.17 bits per heavy atom. The van der Waals surface area contributed by atoms with Crippen LogP contribution in [0.4, 0.5) is 8.78 Å². The number of rotatable bonds is 0. The lowest BCUT2D eigenvalue weighted by Crippen LogP contribution is -2.32. The van der Waals surface area contributed by atoms with Gasteiger partial charge in [0.1, 0.15) is 12.3 Å². The minimum Gasteiger partial charge on any atom is -0.247 e. The number of halogens is 2. The fourth-order valence-corrected chi connectivity index (χ4v) is 1.62. The first-order chi connectivity index (χ1) is 5.65. The van der Waals surface area contributed by atoms with Crippen LogP contribution in [0.1, 0.15) is 26.7 Å². The molecule has 0 spiro atoms. The van der Waals surface area contributed by atoms with Crippen molar-refractivity contribution in [2.75, 3.05) is 0 Å². The molecule has 1 aliphatic carbocycles. The molecule has 1 rings (SSSR count). The van der Waals surface area contributed by atoms with Gasteiger partial charge in [-0.05, 0) is 19.8 Å². The summed E-state index contributed by atoms with van der Waals surface area (Å²) in [5.41, 5.74) is 0. The molecule has 0 aromatic carbocycles. The maximum absolute atomic E-state index is 13.1. The van der Waals surface area contributed by atoms with E-state index < -0.39 is 18.3 Å². The highest BCUT2D eigenvalue weighted by Gasteiger charge is 2.34. The highest BCUT2D eigenvalue weighted by Crippen LogP contribution is 2.32. The quantitative estimate of drug-likeness (QED) is 0.493. The van der Waals surface area contributed by atoms with E-state index in [0.29, 0.717) is 12.8 Å². The predicted molar refractivity (Wildman–Crippen MR) is 45.1 cm³/mol. The summed E-state index contributed by atoms with van der Waals surface area (Å²) in [6, 6.07) is 0. The molecule has 0 amide bonds. The molecule has 12 heavy (non-hydrogen) atoms. The number of alkyl halides is 2. The van der Waals surface area contributed by atoms with Gasteiger partial charge in [0.2, 0.25) is 0 Å². The molecule has 2 atom stereocenters. The van der Waals surface area contributed by atoms with E-state index in [1.165, 1.54) is 0 Å². The highest BCUT2D eigenvalue weighted by molar-refractivity contribution is 5.04. The monoisotopic (exact) mass is 172 g/mol. The zero-order valence-electron chi connectivity index (χ0n) is 7.48. The minimum atomic E-state index is -1.01. The van der Waals surface area contributed by atoms with E-state index >= 15 is 0 Å². The van der Waals surface area contributed by atoms with Gasteiger partial charge in [0, 0.05) is 11.8 Å². The number of hydrogen-bond donors (Lipinski definition) is 0.